The molecule has 2 heterocycles. The summed E-state index contributed by atoms with van der Waals surface area (Å²) in [5.74, 6) is 0.164. The summed E-state index contributed by atoms with van der Waals surface area (Å²) in [5, 5.41) is 3.60. The molecule has 0 aromatic heterocycles. The van der Waals surface area contributed by atoms with Gasteiger partial charge < -0.3 is 10.2 Å². The van der Waals surface area contributed by atoms with Gasteiger partial charge in [-0.2, -0.15) is 0 Å². The number of hydrazine groups is 1. The van der Waals surface area contributed by atoms with Gasteiger partial charge in [0, 0.05) is 36.5 Å². The van der Waals surface area contributed by atoms with Crippen molar-refractivity contribution >= 4 is 23.4 Å². The zero-order valence-electron chi connectivity index (χ0n) is 14.7. The van der Waals surface area contributed by atoms with Gasteiger partial charge in [0.1, 0.15) is 0 Å². The summed E-state index contributed by atoms with van der Waals surface area (Å²) >= 11 is 5.98. The van der Waals surface area contributed by atoms with Crippen LogP contribution in [0.4, 0.5) is 0 Å². The van der Waals surface area contributed by atoms with Crippen molar-refractivity contribution in [1.29, 1.82) is 0 Å². The molecule has 1 aromatic carbocycles. The number of amides is 2. The van der Waals surface area contributed by atoms with E-state index in [1.54, 1.807) is 0 Å². The number of likely N-dealkylation sites (tertiary alicyclic amines) is 1. The molecule has 2 aliphatic heterocycles. The lowest BCUT2D eigenvalue weighted by Crippen LogP contribution is -2.48. The minimum Gasteiger partial charge on any atom is -0.352 e. The van der Waals surface area contributed by atoms with Crippen LogP contribution in [-0.2, 0) is 16.1 Å². The average Bonchev–Trinajstić information content (AvgIpc) is 3.23. The Morgan fingerprint density at radius 2 is 2.12 bits per heavy atom. The molecule has 4 atom stereocenters. The molecule has 140 valence electrons. The number of nitrogens with zero attached hydrogens (tertiary/aromatic N) is 1. The molecule has 1 saturated carbocycles. The van der Waals surface area contributed by atoms with Crippen LogP contribution in [0, 0.1) is 11.8 Å². The molecule has 3 aliphatic rings. The standard InChI is InChI=1S/C19H25ClN4O2/c20-14-5-3-4-12(8-14)10-21-19(26)13-9-17(25)24(11-13)18-15-6-1-2-7-16(15)22-23-18/h3-5,8,13,15-16,18,22-23H,1-2,6-7,9-11H2,(H,21,26). The molecule has 1 aromatic rings. The monoisotopic (exact) mass is 376 g/mol. The maximum atomic E-state index is 12.5. The van der Waals surface area contributed by atoms with Crippen molar-refractivity contribution in [1.82, 2.24) is 21.1 Å². The highest BCUT2D eigenvalue weighted by atomic mass is 35.5. The Morgan fingerprint density at radius 3 is 2.96 bits per heavy atom. The molecule has 1 aliphatic carbocycles. The van der Waals surface area contributed by atoms with Crippen molar-refractivity contribution in [2.24, 2.45) is 11.8 Å². The van der Waals surface area contributed by atoms with Crippen LogP contribution in [0.1, 0.15) is 37.7 Å². The number of hydrogen-bond acceptors (Lipinski definition) is 4. The highest BCUT2D eigenvalue weighted by Crippen LogP contribution is 2.34. The van der Waals surface area contributed by atoms with Gasteiger partial charge in [-0.05, 0) is 30.5 Å². The summed E-state index contributed by atoms with van der Waals surface area (Å²) in [5.41, 5.74) is 7.61. The third kappa shape index (κ3) is 3.59. The van der Waals surface area contributed by atoms with Crippen LogP contribution < -0.4 is 16.2 Å². The van der Waals surface area contributed by atoms with E-state index in [0.29, 0.717) is 30.1 Å². The highest BCUT2D eigenvalue weighted by Gasteiger charge is 2.46. The van der Waals surface area contributed by atoms with Gasteiger partial charge in [0.25, 0.3) is 0 Å². The fraction of sp³-hybridized carbons (Fsp3) is 0.579. The van der Waals surface area contributed by atoms with Gasteiger partial charge in [0.15, 0.2) is 0 Å². The summed E-state index contributed by atoms with van der Waals surface area (Å²) in [6.45, 7) is 0.917. The smallest absolute Gasteiger partial charge is 0.225 e. The first kappa shape index (κ1) is 17.8. The topological polar surface area (TPSA) is 73.5 Å². The first-order valence-electron chi connectivity index (χ1n) is 9.44. The number of halogens is 1. The molecule has 4 unspecified atom stereocenters. The SMILES string of the molecule is O=C(NCc1cccc(Cl)c1)C1CC(=O)N(C2NNC3CCCCC32)C1. The van der Waals surface area contributed by atoms with E-state index in [4.69, 9.17) is 11.6 Å². The van der Waals surface area contributed by atoms with Crippen LogP contribution in [0.5, 0.6) is 0 Å². The average molecular weight is 377 g/mol. The first-order chi connectivity index (χ1) is 12.6. The van der Waals surface area contributed by atoms with E-state index in [9.17, 15) is 9.59 Å². The van der Waals surface area contributed by atoms with Crippen molar-refractivity contribution in [3.8, 4) is 0 Å². The Kier molecular flexibility index (Phi) is 5.16. The van der Waals surface area contributed by atoms with Crippen LogP contribution in [0.25, 0.3) is 0 Å². The molecule has 26 heavy (non-hydrogen) atoms. The predicted octanol–water partition coefficient (Wildman–Crippen LogP) is 1.80. The minimum atomic E-state index is -0.286. The molecule has 2 saturated heterocycles. The number of fused-ring (bicyclic) bond motifs is 1. The molecule has 0 spiro atoms. The summed E-state index contributed by atoms with van der Waals surface area (Å²) < 4.78 is 0. The van der Waals surface area contributed by atoms with Crippen molar-refractivity contribution in [3.63, 3.8) is 0 Å². The maximum Gasteiger partial charge on any atom is 0.225 e. The van der Waals surface area contributed by atoms with E-state index in [-0.39, 0.29) is 30.3 Å². The van der Waals surface area contributed by atoms with E-state index in [1.165, 1.54) is 12.8 Å². The maximum absolute atomic E-state index is 12.5. The Bertz CT molecular complexity index is 698. The third-order valence-corrected chi connectivity index (χ3v) is 6.10. The molecular formula is C19H25ClN4O2. The Morgan fingerprint density at radius 1 is 1.27 bits per heavy atom. The summed E-state index contributed by atoms with van der Waals surface area (Å²) in [6.07, 6.45) is 5.04. The van der Waals surface area contributed by atoms with E-state index >= 15 is 0 Å². The summed E-state index contributed by atoms with van der Waals surface area (Å²) in [7, 11) is 0. The van der Waals surface area contributed by atoms with Gasteiger partial charge in [-0.15, -0.1) is 0 Å². The van der Waals surface area contributed by atoms with Gasteiger partial charge >= 0.3 is 0 Å². The summed E-state index contributed by atoms with van der Waals surface area (Å²) in [6, 6.07) is 7.88. The number of hydrogen-bond donors (Lipinski definition) is 3. The second-order valence-corrected chi connectivity index (χ2v) is 8.02. The van der Waals surface area contributed by atoms with E-state index in [0.717, 1.165) is 18.4 Å². The largest absolute Gasteiger partial charge is 0.352 e. The normalized spacial score (nSPS) is 31.1. The quantitative estimate of drug-likeness (QED) is 0.749. The zero-order valence-corrected chi connectivity index (χ0v) is 15.5. The molecular weight excluding hydrogens is 352 g/mol. The lowest BCUT2D eigenvalue weighted by atomic mass is 9.84. The molecule has 0 radical (unpaired) electrons. The molecule has 3 fully saturated rings. The van der Waals surface area contributed by atoms with Crippen LogP contribution >= 0.6 is 11.6 Å². The third-order valence-electron chi connectivity index (χ3n) is 5.86. The molecule has 2 amide bonds. The van der Waals surface area contributed by atoms with Gasteiger partial charge in [0.2, 0.25) is 11.8 Å². The molecule has 3 N–H and O–H groups in total. The number of carbonyl (C=O) groups excluding carboxylic acids is 2. The Balaban J connectivity index is 1.34. The minimum absolute atomic E-state index is 0.0125. The van der Waals surface area contributed by atoms with Crippen molar-refractivity contribution in [2.45, 2.75) is 50.9 Å². The van der Waals surface area contributed by atoms with Gasteiger partial charge in [0.05, 0.1) is 12.1 Å². The number of nitrogens with one attached hydrogen (secondary N) is 3. The number of benzene rings is 1. The van der Waals surface area contributed by atoms with Gasteiger partial charge in [-0.1, -0.05) is 36.6 Å². The Hall–Kier alpha value is -1.63. The first-order valence-corrected chi connectivity index (χ1v) is 9.82. The lowest BCUT2D eigenvalue weighted by Gasteiger charge is -2.32. The van der Waals surface area contributed by atoms with Crippen molar-refractivity contribution in [3.05, 3.63) is 34.9 Å². The summed E-state index contributed by atoms with van der Waals surface area (Å²) in [4.78, 5) is 26.9. The predicted molar refractivity (Wildman–Crippen MR) is 98.9 cm³/mol. The van der Waals surface area contributed by atoms with Crippen LogP contribution in [0.2, 0.25) is 5.02 Å². The fourth-order valence-corrected chi connectivity index (χ4v) is 4.69. The second kappa shape index (κ2) is 7.55. The van der Waals surface area contributed by atoms with Crippen LogP contribution in [0.3, 0.4) is 0 Å². The van der Waals surface area contributed by atoms with E-state index < -0.39 is 0 Å². The van der Waals surface area contributed by atoms with E-state index in [1.807, 2.05) is 29.2 Å². The van der Waals surface area contributed by atoms with E-state index in [2.05, 4.69) is 16.2 Å². The van der Waals surface area contributed by atoms with Crippen LogP contribution in [0.15, 0.2) is 24.3 Å². The molecule has 6 nitrogen and oxygen atoms in total. The highest BCUT2D eigenvalue weighted by molar-refractivity contribution is 6.30. The number of carbonyl (C=O) groups is 2. The molecule has 0 bridgehead atoms. The molecule has 7 heteroatoms. The van der Waals surface area contributed by atoms with Gasteiger partial charge in [-0.3, -0.25) is 15.0 Å². The van der Waals surface area contributed by atoms with Gasteiger partial charge in [-0.25, -0.2) is 5.43 Å². The van der Waals surface area contributed by atoms with Crippen LogP contribution in [-0.4, -0.2) is 35.5 Å². The molecule has 4 rings (SSSR count). The second-order valence-electron chi connectivity index (χ2n) is 7.58. The van der Waals surface area contributed by atoms with Crippen molar-refractivity contribution in [2.75, 3.05) is 6.54 Å². The lowest BCUT2D eigenvalue weighted by molar-refractivity contribution is -0.131. The zero-order chi connectivity index (χ0) is 18.1. The van der Waals surface area contributed by atoms with Crippen molar-refractivity contribution < 1.29 is 9.59 Å². The Labute approximate surface area is 158 Å². The fourth-order valence-electron chi connectivity index (χ4n) is 4.48. The number of rotatable bonds is 4.